The van der Waals surface area contributed by atoms with E-state index in [1.165, 1.54) is 0 Å². The van der Waals surface area contributed by atoms with Gasteiger partial charge in [0.25, 0.3) is 0 Å². The molecule has 0 bridgehead atoms. The fourth-order valence-corrected chi connectivity index (χ4v) is 6.01. The highest BCUT2D eigenvalue weighted by Gasteiger charge is 2.32. The third kappa shape index (κ3) is 14.5. The van der Waals surface area contributed by atoms with E-state index in [4.69, 9.17) is 4.74 Å². The van der Waals surface area contributed by atoms with Crippen LogP contribution in [0.3, 0.4) is 0 Å². The number of ether oxygens (including phenoxy) is 1. The van der Waals surface area contributed by atoms with Crippen molar-refractivity contribution in [3.05, 3.63) is 71.8 Å². The standard InChI is InChI=1S/C37H53N5O8/c1-25(2)32(34(45)39-29(23-43)21-26-13-6-3-7-14-26)42-33(44)31(22-27-15-8-4-9-16-27)41-36(48)40-30(35(46)47)19-12-20-38-37(49)50-24-28-17-10-5-11-18-28/h3,5-7,10-11,13-14,17-18,25,27,29-32,43H,4,8-9,12,15-16,19-24H2,1-2H3,(H,38,49)(H,39,45)(H,42,44)(H,46,47)(H2,40,41,48)/t29-,30-,31+,32-/m0/s1. The monoisotopic (exact) mass is 695 g/mol. The lowest BCUT2D eigenvalue weighted by Gasteiger charge is -2.30. The number of urea groups is 1. The number of benzene rings is 2. The van der Waals surface area contributed by atoms with Gasteiger partial charge in [-0.1, -0.05) is 107 Å². The molecule has 0 heterocycles. The summed E-state index contributed by atoms with van der Waals surface area (Å²) in [6.45, 7) is 3.53. The third-order valence-electron chi connectivity index (χ3n) is 8.81. The van der Waals surface area contributed by atoms with Crippen molar-refractivity contribution in [1.82, 2.24) is 26.6 Å². The zero-order chi connectivity index (χ0) is 36.3. The number of aliphatic carboxylic acids is 1. The highest BCUT2D eigenvalue weighted by Crippen LogP contribution is 2.27. The fraction of sp³-hybridized carbons (Fsp3) is 0.541. The molecule has 2 aromatic carbocycles. The van der Waals surface area contributed by atoms with E-state index < -0.39 is 54.1 Å². The average Bonchev–Trinajstić information content (AvgIpc) is 3.11. The number of amides is 5. The molecule has 0 aromatic heterocycles. The molecule has 1 saturated carbocycles. The number of carboxylic acid groups (broad SMARTS) is 1. The highest BCUT2D eigenvalue weighted by atomic mass is 16.5. The Morgan fingerprint density at radius 3 is 2.02 bits per heavy atom. The Morgan fingerprint density at radius 2 is 1.42 bits per heavy atom. The number of aliphatic hydroxyl groups excluding tert-OH is 1. The summed E-state index contributed by atoms with van der Waals surface area (Å²) >= 11 is 0. The van der Waals surface area contributed by atoms with Gasteiger partial charge in [0.15, 0.2) is 0 Å². The summed E-state index contributed by atoms with van der Waals surface area (Å²) in [5, 5.41) is 33.1. The maximum atomic E-state index is 13.7. The van der Waals surface area contributed by atoms with Crippen molar-refractivity contribution >= 4 is 29.9 Å². The Bertz CT molecular complexity index is 1350. The second-order valence-electron chi connectivity index (χ2n) is 13.2. The van der Waals surface area contributed by atoms with Gasteiger partial charge in [-0.2, -0.15) is 0 Å². The van der Waals surface area contributed by atoms with Crippen LogP contribution in [0.5, 0.6) is 0 Å². The molecule has 7 N–H and O–H groups in total. The minimum atomic E-state index is -1.27. The molecule has 1 fully saturated rings. The SMILES string of the molecule is CC(C)[C@H](NC(=O)[C@@H](CC1CCCCC1)NC(=O)N[C@@H](CCCNC(=O)OCc1ccccc1)C(=O)O)C(=O)N[C@H](CO)Cc1ccccc1. The molecule has 13 heteroatoms. The van der Waals surface area contributed by atoms with Gasteiger partial charge < -0.3 is 41.5 Å². The summed E-state index contributed by atoms with van der Waals surface area (Å²) < 4.78 is 5.16. The Hall–Kier alpha value is -4.65. The zero-order valence-corrected chi connectivity index (χ0v) is 29.1. The second-order valence-corrected chi connectivity index (χ2v) is 13.2. The molecule has 50 heavy (non-hydrogen) atoms. The number of hydrogen-bond acceptors (Lipinski definition) is 7. The fourth-order valence-electron chi connectivity index (χ4n) is 6.01. The Morgan fingerprint density at radius 1 is 0.800 bits per heavy atom. The number of hydrogen-bond donors (Lipinski definition) is 7. The number of carboxylic acids is 1. The lowest BCUT2D eigenvalue weighted by molar-refractivity contribution is -0.139. The Balaban J connectivity index is 1.57. The van der Waals surface area contributed by atoms with Gasteiger partial charge >= 0.3 is 18.1 Å². The molecule has 0 unspecified atom stereocenters. The predicted octanol–water partition coefficient (Wildman–Crippen LogP) is 3.65. The summed E-state index contributed by atoms with van der Waals surface area (Å²) in [7, 11) is 0. The first kappa shape index (κ1) is 39.8. The van der Waals surface area contributed by atoms with Crippen molar-refractivity contribution in [2.75, 3.05) is 13.2 Å². The quantitative estimate of drug-likeness (QED) is 0.108. The molecule has 0 spiro atoms. The molecule has 4 atom stereocenters. The van der Waals surface area contributed by atoms with Gasteiger partial charge in [-0.25, -0.2) is 14.4 Å². The van der Waals surface area contributed by atoms with Crippen molar-refractivity contribution in [2.45, 2.75) is 102 Å². The maximum absolute atomic E-state index is 13.7. The van der Waals surface area contributed by atoms with Crippen LogP contribution in [0.1, 0.15) is 76.3 Å². The van der Waals surface area contributed by atoms with Gasteiger partial charge in [-0.3, -0.25) is 9.59 Å². The van der Waals surface area contributed by atoms with Gasteiger partial charge in [0, 0.05) is 6.54 Å². The van der Waals surface area contributed by atoms with E-state index in [0.717, 1.165) is 43.2 Å². The van der Waals surface area contributed by atoms with Crippen molar-refractivity contribution in [1.29, 1.82) is 0 Å². The van der Waals surface area contributed by atoms with Gasteiger partial charge in [-0.15, -0.1) is 0 Å². The van der Waals surface area contributed by atoms with Crippen LogP contribution in [0, 0.1) is 11.8 Å². The molecule has 1 aliphatic carbocycles. The summed E-state index contributed by atoms with van der Waals surface area (Å²) in [6.07, 6.45) is 5.31. The van der Waals surface area contributed by atoms with Gasteiger partial charge in [0.1, 0.15) is 24.7 Å². The number of aliphatic hydroxyl groups is 1. The Kier molecular flexibility index (Phi) is 17.1. The minimum Gasteiger partial charge on any atom is -0.480 e. The van der Waals surface area contributed by atoms with Crippen molar-refractivity contribution in [3.63, 3.8) is 0 Å². The average molecular weight is 696 g/mol. The third-order valence-corrected chi connectivity index (χ3v) is 8.81. The van der Waals surface area contributed by atoms with Crippen molar-refractivity contribution < 1.29 is 38.9 Å². The normalized spacial score (nSPS) is 15.5. The van der Waals surface area contributed by atoms with E-state index in [1.807, 2.05) is 60.7 Å². The van der Waals surface area contributed by atoms with E-state index in [1.54, 1.807) is 13.8 Å². The molecular formula is C37H53N5O8. The smallest absolute Gasteiger partial charge is 0.407 e. The van der Waals surface area contributed by atoms with Crippen molar-refractivity contribution in [2.24, 2.45) is 11.8 Å². The first-order valence-corrected chi connectivity index (χ1v) is 17.6. The minimum absolute atomic E-state index is 0.0196. The molecule has 13 nitrogen and oxygen atoms in total. The zero-order valence-electron chi connectivity index (χ0n) is 29.1. The van der Waals surface area contributed by atoms with Gasteiger partial charge in [0.05, 0.1) is 12.6 Å². The van der Waals surface area contributed by atoms with Crippen LogP contribution in [0.4, 0.5) is 9.59 Å². The highest BCUT2D eigenvalue weighted by molar-refractivity contribution is 5.92. The Labute approximate surface area is 294 Å². The predicted molar refractivity (Wildman–Crippen MR) is 188 cm³/mol. The van der Waals surface area contributed by atoms with Gasteiger partial charge in [0.2, 0.25) is 11.8 Å². The molecule has 0 aliphatic heterocycles. The van der Waals surface area contributed by atoms with Crippen LogP contribution in [-0.4, -0.2) is 77.4 Å². The summed E-state index contributed by atoms with van der Waals surface area (Å²) in [5.41, 5.74) is 1.77. The number of rotatable bonds is 19. The number of nitrogens with one attached hydrogen (secondary N) is 5. The molecule has 274 valence electrons. The van der Waals surface area contributed by atoms with E-state index in [9.17, 15) is 34.2 Å². The number of carbonyl (C=O) groups is 5. The first-order valence-electron chi connectivity index (χ1n) is 17.6. The second kappa shape index (κ2) is 21.4. The van der Waals surface area contributed by atoms with E-state index in [2.05, 4.69) is 26.6 Å². The number of alkyl carbamates (subject to hydrolysis) is 1. The molecule has 0 radical (unpaired) electrons. The lowest BCUT2D eigenvalue weighted by atomic mass is 9.84. The van der Waals surface area contributed by atoms with Crippen LogP contribution in [0.15, 0.2) is 60.7 Å². The topological polar surface area (TPSA) is 195 Å². The number of carbonyl (C=O) groups excluding carboxylic acids is 4. The maximum Gasteiger partial charge on any atom is 0.407 e. The summed E-state index contributed by atoms with van der Waals surface area (Å²) in [4.78, 5) is 64.2. The van der Waals surface area contributed by atoms with Gasteiger partial charge in [-0.05, 0) is 48.6 Å². The van der Waals surface area contributed by atoms with Crippen LogP contribution in [0.2, 0.25) is 0 Å². The molecule has 2 aromatic rings. The van der Waals surface area contributed by atoms with Crippen molar-refractivity contribution in [3.8, 4) is 0 Å². The summed E-state index contributed by atoms with van der Waals surface area (Å²) in [5.74, 6) is -2.38. The van der Waals surface area contributed by atoms with Crippen LogP contribution in [0.25, 0.3) is 0 Å². The van der Waals surface area contributed by atoms with Crippen LogP contribution >= 0.6 is 0 Å². The molecule has 5 amide bonds. The van der Waals surface area contributed by atoms with E-state index >= 15 is 0 Å². The van der Waals surface area contributed by atoms with E-state index in [0.29, 0.717) is 12.8 Å². The molecule has 3 rings (SSSR count). The van der Waals surface area contributed by atoms with Crippen LogP contribution < -0.4 is 26.6 Å². The van der Waals surface area contributed by atoms with Crippen LogP contribution in [-0.2, 0) is 32.1 Å². The summed E-state index contributed by atoms with van der Waals surface area (Å²) in [6, 6.07) is 14.0. The molecular weight excluding hydrogens is 642 g/mol. The molecule has 0 saturated heterocycles. The lowest BCUT2D eigenvalue weighted by Crippen LogP contribution is -2.59. The molecule has 1 aliphatic rings. The van der Waals surface area contributed by atoms with E-state index in [-0.39, 0.29) is 44.4 Å². The largest absolute Gasteiger partial charge is 0.480 e. The first-order chi connectivity index (χ1) is 24.0.